The van der Waals surface area contributed by atoms with Crippen molar-refractivity contribution in [2.75, 3.05) is 19.0 Å². The predicted octanol–water partition coefficient (Wildman–Crippen LogP) is 3.10. The van der Waals surface area contributed by atoms with E-state index in [1.54, 1.807) is 25.4 Å². The van der Waals surface area contributed by atoms with Crippen molar-refractivity contribution < 1.29 is 14.3 Å². The number of nitrogens with one attached hydrogen (secondary N) is 2. The molecule has 0 spiro atoms. The lowest BCUT2D eigenvalue weighted by Crippen LogP contribution is -2.20. The summed E-state index contributed by atoms with van der Waals surface area (Å²) in [6, 6.07) is 16.6. The van der Waals surface area contributed by atoms with Gasteiger partial charge in [-0.25, -0.2) is 0 Å². The van der Waals surface area contributed by atoms with Gasteiger partial charge < -0.3 is 14.8 Å². The van der Waals surface area contributed by atoms with E-state index in [-0.39, 0.29) is 12.5 Å². The number of amides is 1. The third kappa shape index (κ3) is 3.73. The molecule has 1 amide bonds. The molecule has 0 saturated carbocycles. The van der Waals surface area contributed by atoms with Crippen molar-refractivity contribution >= 4 is 11.6 Å². The molecule has 1 heterocycles. The fraction of sp³-hybridized carbons (Fsp3) is 0.111. The van der Waals surface area contributed by atoms with E-state index in [9.17, 15) is 4.79 Å². The van der Waals surface area contributed by atoms with Crippen molar-refractivity contribution in [2.24, 2.45) is 0 Å². The van der Waals surface area contributed by atoms with Gasteiger partial charge in [0.15, 0.2) is 18.1 Å². The summed E-state index contributed by atoms with van der Waals surface area (Å²) in [5.74, 6) is 0.883. The number of nitrogens with zero attached hydrogens (tertiary/aromatic N) is 1. The van der Waals surface area contributed by atoms with Gasteiger partial charge in [-0.1, -0.05) is 24.3 Å². The summed E-state index contributed by atoms with van der Waals surface area (Å²) in [6.07, 6.45) is 1.69. The van der Waals surface area contributed by atoms with Gasteiger partial charge in [-0.3, -0.25) is 9.89 Å². The van der Waals surface area contributed by atoms with Crippen LogP contribution >= 0.6 is 0 Å². The van der Waals surface area contributed by atoms with Gasteiger partial charge in [0.05, 0.1) is 12.8 Å². The normalized spacial score (nSPS) is 10.2. The smallest absolute Gasteiger partial charge is 0.262 e. The number of ether oxygens (including phenoxy) is 2. The number of carbonyl (C=O) groups is 1. The highest BCUT2D eigenvalue weighted by Gasteiger charge is 2.07. The highest BCUT2D eigenvalue weighted by molar-refractivity contribution is 5.92. The van der Waals surface area contributed by atoms with E-state index in [0.29, 0.717) is 17.2 Å². The van der Waals surface area contributed by atoms with E-state index >= 15 is 0 Å². The van der Waals surface area contributed by atoms with Crippen molar-refractivity contribution in [3.05, 3.63) is 60.8 Å². The molecule has 0 aliphatic heterocycles. The van der Waals surface area contributed by atoms with Crippen LogP contribution in [-0.4, -0.2) is 29.8 Å². The molecule has 0 aliphatic rings. The zero-order chi connectivity index (χ0) is 16.8. The Morgan fingerprint density at radius 2 is 1.83 bits per heavy atom. The number of methoxy groups -OCH3 is 1. The number of anilines is 1. The molecule has 0 unspecified atom stereocenters. The fourth-order valence-corrected chi connectivity index (χ4v) is 2.23. The Labute approximate surface area is 139 Å². The number of carbonyl (C=O) groups excluding carboxylic acids is 1. The van der Waals surface area contributed by atoms with Crippen LogP contribution in [0.2, 0.25) is 0 Å². The lowest BCUT2D eigenvalue weighted by molar-refractivity contribution is -0.118. The summed E-state index contributed by atoms with van der Waals surface area (Å²) >= 11 is 0. The molecule has 0 aliphatic carbocycles. The number of aromatic nitrogens is 2. The molecule has 0 saturated heterocycles. The molecule has 3 rings (SSSR count). The van der Waals surface area contributed by atoms with E-state index in [1.807, 2.05) is 42.5 Å². The van der Waals surface area contributed by atoms with E-state index in [4.69, 9.17) is 9.47 Å². The van der Waals surface area contributed by atoms with Crippen LogP contribution in [0.5, 0.6) is 11.5 Å². The molecule has 2 N–H and O–H groups in total. The number of aromatic amines is 1. The Hall–Kier alpha value is -3.28. The minimum Gasteiger partial charge on any atom is -0.493 e. The summed E-state index contributed by atoms with van der Waals surface area (Å²) < 4.78 is 10.7. The molecule has 6 nitrogen and oxygen atoms in total. The lowest BCUT2D eigenvalue weighted by Gasteiger charge is -2.10. The second kappa shape index (κ2) is 7.32. The molecule has 24 heavy (non-hydrogen) atoms. The topological polar surface area (TPSA) is 76.2 Å². The van der Waals surface area contributed by atoms with Gasteiger partial charge in [0, 0.05) is 11.9 Å². The number of para-hydroxylation sites is 2. The van der Waals surface area contributed by atoms with E-state index in [2.05, 4.69) is 15.5 Å². The summed E-state index contributed by atoms with van der Waals surface area (Å²) in [5.41, 5.74) is 2.62. The number of hydrogen-bond donors (Lipinski definition) is 2. The highest BCUT2D eigenvalue weighted by Crippen LogP contribution is 2.25. The number of H-pyrrole nitrogens is 1. The number of rotatable bonds is 6. The first-order valence-corrected chi connectivity index (χ1v) is 7.42. The third-order valence-electron chi connectivity index (χ3n) is 3.41. The first kappa shape index (κ1) is 15.6. The van der Waals surface area contributed by atoms with E-state index < -0.39 is 0 Å². The Morgan fingerprint density at radius 1 is 1.08 bits per heavy atom. The Balaban J connectivity index is 1.57. The van der Waals surface area contributed by atoms with Crippen LogP contribution in [0.1, 0.15) is 0 Å². The Morgan fingerprint density at radius 3 is 2.50 bits per heavy atom. The lowest BCUT2D eigenvalue weighted by atomic mass is 10.1. The van der Waals surface area contributed by atoms with Crippen LogP contribution in [-0.2, 0) is 4.79 Å². The average Bonchev–Trinajstić information content (AvgIpc) is 3.15. The SMILES string of the molecule is COc1ccccc1OCC(=O)Nc1ccc(-c2ccn[nH]2)cc1. The van der Waals surface area contributed by atoms with Crippen molar-refractivity contribution in [3.63, 3.8) is 0 Å². The fourth-order valence-electron chi connectivity index (χ4n) is 2.23. The summed E-state index contributed by atoms with van der Waals surface area (Å²) in [4.78, 5) is 12.0. The van der Waals surface area contributed by atoms with Gasteiger partial charge in [-0.05, 0) is 35.9 Å². The van der Waals surface area contributed by atoms with Crippen molar-refractivity contribution in [1.29, 1.82) is 0 Å². The van der Waals surface area contributed by atoms with Crippen molar-refractivity contribution in [1.82, 2.24) is 10.2 Å². The maximum atomic E-state index is 12.0. The van der Waals surface area contributed by atoms with Crippen LogP contribution in [0.25, 0.3) is 11.3 Å². The van der Waals surface area contributed by atoms with Crippen LogP contribution in [0.15, 0.2) is 60.8 Å². The van der Waals surface area contributed by atoms with Crippen LogP contribution in [0.4, 0.5) is 5.69 Å². The second-order valence-electron chi connectivity index (χ2n) is 5.04. The Bertz CT molecular complexity index is 799. The summed E-state index contributed by atoms with van der Waals surface area (Å²) in [6.45, 7) is -0.0946. The average molecular weight is 323 g/mol. The van der Waals surface area contributed by atoms with Gasteiger partial charge in [0.2, 0.25) is 0 Å². The van der Waals surface area contributed by atoms with Gasteiger partial charge in [-0.2, -0.15) is 5.10 Å². The monoisotopic (exact) mass is 323 g/mol. The van der Waals surface area contributed by atoms with Crippen molar-refractivity contribution in [2.45, 2.75) is 0 Å². The Kier molecular flexibility index (Phi) is 4.76. The molecule has 0 atom stereocenters. The third-order valence-corrected chi connectivity index (χ3v) is 3.41. The van der Waals surface area contributed by atoms with Crippen molar-refractivity contribution in [3.8, 4) is 22.8 Å². The molecule has 6 heteroatoms. The molecule has 0 bridgehead atoms. The predicted molar refractivity (Wildman–Crippen MR) is 91.1 cm³/mol. The zero-order valence-corrected chi connectivity index (χ0v) is 13.2. The first-order valence-electron chi connectivity index (χ1n) is 7.42. The van der Waals surface area contributed by atoms with Gasteiger partial charge in [-0.15, -0.1) is 0 Å². The summed E-state index contributed by atoms with van der Waals surface area (Å²) in [7, 11) is 1.56. The molecule has 1 aromatic heterocycles. The quantitative estimate of drug-likeness (QED) is 0.731. The van der Waals surface area contributed by atoms with E-state index in [1.165, 1.54) is 0 Å². The first-order chi connectivity index (χ1) is 11.8. The zero-order valence-electron chi connectivity index (χ0n) is 13.2. The van der Waals surface area contributed by atoms with Gasteiger partial charge in [0.25, 0.3) is 5.91 Å². The molecule has 0 fully saturated rings. The maximum absolute atomic E-state index is 12.0. The largest absolute Gasteiger partial charge is 0.493 e. The van der Waals surface area contributed by atoms with Crippen LogP contribution in [0, 0.1) is 0 Å². The number of hydrogen-bond acceptors (Lipinski definition) is 4. The standard InChI is InChI=1S/C18H17N3O3/c1-23-16-4-2-3-5-17(16)24-12-18(22)20-14-8-6-13(7-9-14)15-10-11-19-21-15/h2-11H,12H2,1H3,(H,19,21)(H,20,22). The second-order valence-corrected chi connectivity index (χ2v) is 5.04. The van der Waals surface area contributed by atoms with Crippen LogP contribution < -0.4 is 14.8 Å². The molecule has 0 radical (unpaired) electrons. The molecular formula is C18H17N3O3. The van der Waals surface area contributed by atoms with Gasteiger partial charge >= 0.3 is 0 Å². The molecular weight excluding hydrogens is 306 g/mol. The van der Waals surface area contributed by atoms with Gasteiger partial charge in [0.1, 0.15) is 0 Å². The summed E-state index contributed by atoms with van der Waals surface area (Å²) in [5, 5.41) is 9.60. The highest BCUT2D eigenvalue weighted by atomic mass is 16.5. The maximum Gasteiger partial charge on any atom is 0.262 e. The molecule has 2 aromatic carbocycles. The minimum absolute atomic E-state index is 0.0946. The minimum atomic E-state index is -0.241. The van der Waals surface area contributed by atoms with Crippen LogP contribution in [0.3, 0.4) is 0 Å². The molecule has 122 valence electrons. The number of benzene rings is 2. The van der Waals surface area contributed by atoms with E-state index in [0.717, 1.165) is 11.3 Å². The molecule has 3 aromatic rings.